The number of nitrogens with one attached hydrogen (secondary N) is 2. The zero-order chi connectivity index (χ0) is 14.7. The lowest BCUT2D eigenvalue weighted by Gasteiger charge is -2.15. The highest BCUT2D eigenvalue weighted by Gasteiger charge is 2.13. The third-order valence-corrected chi connectivity index (χ3v) is 3.51. The molecule has 7 nitrogen and oxygen atoms in total. The molecule has 3 rings (SSSR count). The van der Waals surface area contributed by atoms with Gasteiger partial charge in [0.2, 0.25) is 11.8 Å². The van der Waals surface area contributed by atoms with E-state index in [2.05, 4.69) is 31.5 Å². The van der Waals surface area contributed by atoms with Gasteiger partial charge in [-0.1, -0.05) is 12.1 Å². The minimum absolute atomic E-state index is 0.0583. The van der Waals surface area contributed by atoms with Crippen LogP contribution in [0.4, 0.5) is 11.6 Å². The maximum absolute atomic E-state index is 12.0. The highest BCUT2D eigenvalue weighted by atomic mass is 16.2. The molecule has 0 saturated carbocycles. The number of amides is 1. The van der Waals surface area contributed by atoms with E-state index in [1.54, 1.807) is 0 Å². The van der Waals surface area contributed by atoms with Gasteiger partial charge < -0.3 is 11.1 Å². The van der Waals surface area contributed by atoms with Gasteiger partial charge >= 0.3 is 0 Å². The van der Waals surface area contributed by atoms with Crippen LogP contribution in [0.1, 0.15) is 29.0 Å². The molecule has 2 heterocycles. The molecule has 21 heavy (non-hydrogen) atoms. The van der Waals surface area contributed by atoms with E-state index in [1.165, 1.54) is 18.4 Å². The van der Waals surface area contributed by atoms with Crippen molar-refractivity contribution in [3.63, 3.8) is 0 Å². The molecule has 1 aromatic carbocycles. The van der Waals surface area contributed by atoms with Crippen molar-refractivity contribution >= 4 is 17.5 Å². The van der Waals surface area contributed by atoms with Crippen LogP contribution < -0.4 is 11.1 Å². The first kappa shape index (κ1) is 13.6. The van der Waals surface area contributed by atoms with E-state index in [9.17, 15) is 4.79 Å². The van der Waals surface area contributed by atoms with Crippen molar-refractivity contribution in [3.8, 4) is 0 Å². The minimum Gasteiger partial charge on any atom is -0.366 e. The molecule has 4 N–H and O–H groups in total. The zero-order valence-corrected chi connectivity index (χ0v) is 11.7. The lowest BCUT2D eigenvalue weighted by atomic mass is 10.2. The zero-order valence-electron chi connectivity index (χ0n) is 11.7. The quantitative estimate of drug-likeness (QED) is 0.785. The Morgan fingerprint density at radius 3 is 2.90 bits per heavy atom. The molecule has 1 aliphatic heterocycles. The maximum atomic E-state index is 12.0. The van der Waals surface area contributed by atoms with Crippen LogP contribution in [0, 0.1) is 0 Å². The molecular formula is C14H18N6O. The molecule has 7 heteroatoms. The fraction of sp³-hybridized carbons (Fsp3) is 0.357. The monoisotopic (exact) mass is 286 g/mol. The van der Waals surface area contributed by atoms with Crippen LogP contribution in [-0.4, -0.2) is 39.1 Å². The second-order valence-electron chi connectivity index (χ2n) is 5.18. The van der Waals surface area contributed by atoms with Crippen LogP contribution in [0.3, 0.4) is 0 Å². The number of rotatable bonds is 4. The average molecular weight is 286 g/mol. The van der Waals surface area contributed by atoms with Gasteiger partial charge in [0.1, 0.15) is 0 Å². The number of nitrogens with zero attached hydrogens (tertiary/aromatic N) is 3. The Kier molecular flexibility index (Phi) is 3.83. The lowest BCUT2D eigenvalue weighted by Crippen LogP contribution is -2.18. The van der Waals surface area contributed by atoms with E-state index in [0.717, 1.165) is 25.3 Å². The molecule has 1 aromatic heterocycles. The Labute approximate surface area is 122 Å². The molecule has 2 aromatic rings. The summed E-state index contributed by atoms with van der Waals surface area (Å²) in [6.07, 6.45) is 2.53. The van der Waals surface area contributed by atoms with Crippen molar-refractivity contribution in [2.45, 2.75) is 19.4 Å². The van der Waals surface area contributed by atoms with Gasteiger partial charge in [-0.05, 0) is 43.6 Å². The van der Waals surface area contributed by atoms with Crippen molar-refractivity contribution in [2.75, 3.05) is 24.1 Å². The largest absolute Gasteiger partial charge is 0.366 e. The Morgan fingerprint density at radius 1 is 1.38 bits per heavy atom. The minimum atomic E-state index is -0.350. The van der Waals surface area contributed by atoms with E-state index >= 15 is 0 Å². The smallest absolute Gasteiger partial charge is 0.293 e. The van der Waals surface area contributed by atoms with E-state index < -0.39 is 0 Å². The van der Waals surface area contributed by atoms with Gasteiger partial charge in [0.05, 0.1) is 0 Å². The number of nitrogen functional groups attached to an aromatic ring is 1. The Bertz CT molecular complexity index is 632. The van der Waals surface area contributed by atoms with Gasteiger partial charge in [-0.3, -0.25) is 14.8 Å². The van der Waals surface area contributed by atoms with Crippen LogP contribution in [0.2, 0.25) is 0 Å². The van der Waals surface area contributed by atoms with E-state index in [1.807, 2.05) is 18.2 Å². The molecule has 1 aliphatic rings. The van der Waals surface area contributed by atoms with Crippen LogP contribution in [-0.2, 0) is 6.54 Å². The van der Waals surface area contributed by atoms with Crippen molar-refractivity contribution in [1.82, 2.24) is 20.1 Å². The summed E-state index contributed by atoms with van der Waals surface area (Å²) in [7, 11) is 0. The number of hydrogen-bond acceptors (Lipinski definition) is 5. The summed E-state index contributed by atoms with van der Waals surface area (Å²) in [5.41, 5.74) is 7.32. The molecule has 1 fully saturated rings. The number of carbonyl (C=O) groups is 1. The van der Waals surface area contributed by atoms with Gasteiger partial charge in [-0.15, -0.1) is 5.10 Å². The fourth-order valence-electron chi connectivity index (χ4n) is 2.51. The van der Waals surface area contributed by atoms with Crippen LogP contribution in [0.15, 0.2) is 24.3 Å². The predicted molar refractivity (Wildman–Crippen MR) is 79.7 cm³/mol. The van der Waals surface area contributed by atoms with Crippen LogP contribution in [0.5, 0.6) is 0 Å². The third-order valence-electron chi connectivity index (χ3n) is 3.51. The SMILES string of the molecule is Nc1n[nH]c(C(=O)Nc2cccc(CN3CCCC3)c2)n1. The second kappa shape index (κ2) is 5.92. The lowest BCUT2D eigenvalue weighted by molar-refractivity contribution is 0.101. The number of aromatic nitrogens is 3. The normalized spacial score (nSPS) is 15.2. The number of anilines is 2. The number of hydrogen-bond donors (Lipinski definition) is 3. The Hall–Kier alpha value is -2.41. The number of likely N-dealkylation sites (tertiary alicyclic amines) is 1. The summed E-state index contributed by atoms with van der Waals surface area (Å²) in [4.78, 5) is 18.2. The predicted octanol–water partition coefficient (Wildman–Crippen LogP) is 1.23. The number of benzene rings is 1. The van der Waals surface area contributed by atoms with Crippen LogP contribution >= 0.6 is 0 Å². The summed E-state index contributed by atoms with van der Waals surface area (Å²) < 4.78 is 0. The number of aromatic amines is 1. The van der Waals surface area contributed by atoms with Gasteiger partial charge in [-0.25, -0.2) is 0 Å². The topological polar surface area (TPSA) is 99.9 Å². The molecule has 1 saturated heterocycles. The number of nitrogens with two attached hydrogens (primary N) is 1. The van der Waals surface area contributed by atoms with Crippen LogP contribution in [0.25, 0.3) is 0 Å². The molecule has 0 aliphatic carbocycles. The Balaban J connectivity index is 1.66. The number of H-pyrrole nitrogens is 1. The molecule has 0 spiro atoms. The average Bonchev–Trinajstić information content (AvgIpc) is 3.11. The highest BCUT2D eigenvalue weighted by Crippen LogP contribution is 2.16. The summed E-state index contributed by atoms with van der Waals surface area (Å²) in [6.45, 7) is 3.21. The van der Waals surface area contributed by atoms with Gasteiger partial charge in [-0.2, -0.15) is 4.98 Å². The summed E-state index contributed by atoms with van der Waals surface area (Å²) in [6, 6.07) is 7.84. The molecule has 0 radical (unpaired) electrons. The molecule has 0 atom stereocenters. The molecule has 0 bridgehead atoms. The standard InChI is InChI=1S/C14H18N6O/c15-14-17-12(18-19-14)13(21)16-11-5-3-4-10(8-11)9-20-6-1-2-7-20/h3-5,8H,1-2,6-7,9H2,(H,16,21)(H3,15,17,18,19). The molecule has 110 valence electrons. The van der Waals surface area contributed by atoms with Crippen molar-refractivity contribution in [3.05, 3.63) is 35.7 Å². The van der Waals surface area contributed by atoms with E-state index in [4.69, 9.17) is 5.73 Å². The van der Waals surface area contributed by atoms with Crippen molar-refractivity contribution in [2.24, 2.45) is 0 Å². The first-order valence-corrected chi connectivity index (χ1v) is 7.01. The molecule has 0 unspecified atom stereocenters. The molecule has 1 amide bonds. The van der Waals surface area contributed by atoms with Crippen molar-refractivity contribution in [1.29, 1.82) is 0 Å². The van der Waals surface area contributed by atoms with Crippen molar-refractivity contribution < 1.29 is 4.79 Å². The van der Waals surface area contributed by atoms with Gasteiger partial charge in [0, 0.05) is 12.2 Å². The summed E-state index contributed by atoms with van der Waals surface area (Å²) in [5.74, 6) is -0.182. The second-order valence-corrected chi connectivity index (χ2v) is 5.18. The van der Waals surface area contributed by atoms with Gasteiger partial charge in [0.25, 0.3) is 5.91 Å². The Morgan fingerprint density at radius 2 is 2.19 bits per heavy atom. The summed E-state index contributed by atoms with van der Waals surface area (Å²) >= 11 is 0. The fourth-order valence-corrected chi connectivity index (χ4v) is 2.51. The molecular weight excluding hydrogens is 268 g/mol. The number of carbonyl (C=O) groups excluding carboxylic acids is 1. The third kappa shape index (κ3) is 3.38. The maximum Gasteiger partial charge on any atom is 0.293 e. The first-order valence-electron chi connectivity index (χ1n) is 7.01. The van der Waals surface area contributed by atoms with E-state index in [-0.39, 0.29) is 17.7 Å². The summed E-state index contributed by atoms with van der Waals surface area (Å²) in [5, 5.41) is 8.92. The van der Waals surface area contributed by atoms with Gasteiger partial charge in [0.15, 0.2) is 0 Å². The van der Waals surface area contributed by atoms with E-state index in [0.29, 0.717) is 0 Å². The first-order chi connectivity index (χ1) is 10.2. The highest BCUT2D eigenvalue weighted by molar-refractivity contribution is 6.01.